The molecule has 0 radical (unpaired) electrons. The van der Waals surface area contributed by atoms with E-state index in [0.717, 1.165) is 6.20 Å². The van der Waals surface area contributed by atoms with Crippen molar-refractivity contribution in [1.82, 2.24) is 4.98 Å². The summed E-state index contributed by atoms with van der Waals surface area (Å²) >= 11 is 5.47. The van der Waals surface area contributed by atoms with Gasteiger partial charge in [-0.3, -0.25) is 4.98 Å². The Labute approximate surface area is 95.0 Å². The first-order chi connectivity index (χ1) is 6.79. The van der Waals surface area contributed by atoms with Crippen molar-refractivity contribution in [3.05, 3.63) is 23.0 Å². The van der Waals surface area contributed by atoms with E-state index in [1.165, 1.54) is 6.07 Å². The van der Waals surface area contributed by atoms with Crippen LogP contribution in [0.1, 0.15) is 25.5 Å². The summed E-state index contributed by atoms with van der Waals surface area (Å²) in [6.07, 6.45) is 1.16. The second kappa shape index (κ2) is 4.61. The smallest absolute Gasteiger partial charge is 0.260 e. The van der Waals surface area contributed by atoms with Crippen molar-refractivity contribution >= 4 is 23.4 Å². The lowest BCUT2D eigenvalue weighted by Gasteiger charge is -2.09. The standard InChI is InChI=1S/C9H9ClF3NS/c1-5(2)7-3-6(10)8(4-14-7)15-9(11,12)13/h3-5H,1-2H3. The summed E-state index contributed by atoms with van der Waals surface area (Å²) in [6.45, 7) is 3.80. The summed E-state index contributed by atoms with van der Waals surface area (Å²) in [6, 6.07) is 1.47. The van der Waals surface area contributed by atoms with E-state index in [2.05, 4.69) is 4.98 Å². The van der Waals surface area contributed by atoms with Crippen molar-refractivity contribution < 1.29 is 13.2 Å². The number of thioether (sulfide) groups is 1. The third-order valence-electron chi connectivity index (χ3n) is 1.66. The van der Waals surface area contributed by atoms with Gasteiger partial charge in [0.1, 0.15) is 0 Å². The van der Waals surface area contributed by atoms with Crippen molar-refractivity contribution in [1.29, 1.82) is 0 Å². The fourth-order valence-electron chi connectivity index (χ4n) is 0.949. The monoisotopic (exact) mass is 255 g/mol. The largest absolute Gasteiger partial charge is 0.446 e. The molecule has 0 atom stereocenters. The number of hydrogen-bond acceptors (Lipinski definition) is 2. The van der Waals surface area contributed by atoms with Crippen LogP contribution < -0.4 is 0 Å². The van der Waals surface area contributed by atoms with Gasteiger partial charge >= 0.3 is 5.51 Å². The molecule has 0 aliphatic rings. The average Bonchev–Trinajstić information content (AvgIpc) is 2.05. The summed E-state index contributed by atoms with van der Waals surface area (Å²) in [4.78, 5) is 3.86. The molecule has 0 aliphatic carbocycles. The Balaban J connectivity index is 2.94. The van der Waals surface area contributed by atoms with Crippen molar-refractivity contribution in [2.24, 2.45) is 0 Å². The van der Waals surface area contributed by atoms with Crippen molar-refractivity contribution in [3.63, 3.8) is 0 Å². The van der Waals surface area contributed by atoms with E-state index >= 15 is 0 Å². The van der Waals surface area contributed by atoms with Gasteiger partial charge in [0.15, 0.2) is 0 Å². The number of hydrogen-bond donors (Lipinski definition) is 0. The maximum atomic E-state index is 12.1. The number of alkyl halides is 3. The third-order valence-corrected chi connectivity index (χ3v) is 2.86. The van der Waals surface area contributed by atoms with E-state index in [1.54, 1.807) is 0 Å². The van der Waals surface area contributed by atoms with E-state index in [-0.39, 0.29) is 27.6 Å². The highest BCUT2D eigenvalue weighted by molar-refractivity contribution is 8.00. The fraction of sp³-hybridized carbons (Fsp3) is 0.444. The molecule has 1 rings (SSSR count). The van der Waals surface area contributed by atoms with Crippen LogP contribution in [0.5, 0.6) is 0 Å². The van der Waals surface area contributed by atoms with Crippen LogP contribution in [0.2, 0.25) is 5.02 Å². The molecule has 15 heavy (non-hydrogen) atoms. The Kier molecular flexibility index (Phi) is 3.89. The van der Waals surface area contributed by atoms with Crippen LogP contribution >= 0.6 is 23.4 Å². The molecule has 1 nitrogen and oxygen atoms in total. The Morgan fingerprint density at radius 3 is 2.40 bits per heavy atom. The van der Waals surface area contributed by atoms with Crippen LogP contribution in [-0.4, -0.2) is 10.5 Å². The second-order valence-electron chi connectivity index (χ2n) is 3.24. The van der Waals surface area contributed by atoms with Gasteiger partial charge in [-0.1, -0.05) is 25.4 Å². The van der Waals surface area contributed by atoms with Crippen LogP contribution in [0, 0.1) is 0 Å². The minimum Gasteiger partial charge on any atom is -0.260 e. The average molecular weight is 256 g/mol. The molecule has 0 aromatic carbocycles. The topological polar surface area (TPSA) is 12.9 Å². The van der Waals surface area contributed by atoms with Gasteiger partial charge in [0.05, 0.1) is 9.92 Å². The predicted molar refractivity (Wildman–Crippen MR) is 55.2 cm³/mol. The molecule has 0 fully saturated rings. The van der Waals surface area contributed by atoms with Gasteiger partial charge in [-0.25, -0.2) is 0 Å². The van der Waals surface area contributed by atoms with Gasteiger partial charge in [-0.2, -0.15) is 13.2 Å². The minimum atomic E-state index is -4.33. The van der Waals surface area contributed by atoms with Crippen LogP contribution in [0.25, 0.3) is 0 Å². The summed E-state index contributed by atoms with van der Waals surface area (Å²) in [5.41, 5.74) is -3.64. The Bertz CT molecular complexity index is 352. The molecular formula is C9H9ClF3NS. The van der Waals surface area contributed by atoms with Gasteiger partial charge in [0.25, 0.3) is 0 Å². The van der Waals surface area contributed by atoms with Crippen LogP contribution in [0.15, 0.2) is 17.2 Å². The number of halogens is 4. The van der Waals surface area contributed by atoms with Crippen molar-refractivity contribution in [2.75, 3.05) is 0 Å². The highest BCUT2D eigenvalue weighted by Gasteiger charge is 2.30. The zero-order chi connectivity index (χ0) is 11.6. The zero-order valence-electron chi connectivity index (χ0n) is 8.10. The predicted octanol–water partition coefficient (Wildman–Crippen LogP) is 4.47. The van der Waals surface area contributed by atoms with Crippen LogP contribution in [0.3, 0.4) is 0 Å². The highest BCUT2D eigenvalue weighted by Crippen LogP contribution is 2.40. The molecule has 0 N–H and O–H groups in total. The van der Waals surface area contributed by atoms with Gasteiger partial charge in [-0.15, -0.1) is 0 Å². The molecule has 6 heteroatoms. The van der Waals surface area contributed by atoms with Crippen molar-refractivity contribution in [2.45, 2.75) is 30.2 Å². The van der Waals surface area contributed by atoms with Crippen LogP contribution in [-0.2, 0) is 0 Å². The number of pyridine rings is 1. The first-order valence-electron chi connectivity index (χ1n) is 4.21. The fourth-order valence-corrected chi connectivity index (χ4v) is 1.74. The zero-order valence-corrected chi connectivity index (χ0v) is 9.67. The SMILES string of the molecule is CC(C)c1cc(Cl)c(SC(F)(F)F)cn1. The van der Waals surface area contributed by atoms with E-state index < -0.39 is 5.51 Å². The van der Waals surface area contributed by atoms with E-state index in [1.807, 2.05) is 13.8 Å². The lowest BCUT2D eigenvalue weighted by molar-refractivity contribution is -0.0328. The summed E-state index contributed by atoms with van der Waals surface area (Å²) < 4.78 is 36.2. The molecule has 1 heterocycles. The lowest BCUT2D eigenvalue weighted by Crippen LogP contribution is -2.00. The number of nitrogens with zero attached hydrogens (tertiary/aromatic N) is 1. The summed E-state index contributed by atoms with van der Waals surface area (Å²) in [5.74, 6) is 0.146. The normalized spacial score (nSPS) is 12.2. The Morgan fingerprint density at radius 1 is 1.40 bits per heavy atom. The van der Waals surface area contributed by atoms with E-state index in [0.29, 0.717) is 5.69 Å². The molecule has 0 saturated heterocycles. The first kappa shape index (κ1) is 12.6. The number of aromatic nitrogens is 1. The molecule has 0 saturated carbocycles. The lowest BCUT2D eigenvalue weighted by atomic mass is 10.1. The third kappa shape index (κ3) is 3.91. The molecule has 0 bridgehead atoms. The molecule has 0 amide bonds. The quantitative estimate of drug-likeness (QED) is 0.723. The highest BCUT2D eigenvalue weighted by atomic mass is 35.5. The maximum absolute atomic E-state index is 12.1. The van der Waals surface area contributed by atoms with Gasteiger partial charge in [0.2, 0.25) is 0 Å². The van der Waals surface area contributed by atoms with Gasteiger partial charge in [-0.05, 0) is 23.7 Å². The molecule has 0 aliphatic heterocycles. The van der Waals surface area contributed by atoms with Crippen LogP contribution in [0.4, 0.5) is 13.2 Å². The van der Waals surface area contributed by atoms with Gasteiger partial charge in [0, 0.05) is 11.9 Å². The van der Waals surface area contributed by atoms with Crippen molar-refractivity contribution in [3.8, 4) is 0 Å². The van der Waals surface area contributed by atoms with E-state index in [9.17, 15) is 13.2 Å². The van der Waals surface area contributed by atoms with E-state index in [4.69, 9.17) is 11.6 Å². The van der Waals surface area contributed by atoms with Gasteiger partial charge < -0.3 is 0 Å². The Hall–Kier alpha value is -0.420. The molecular weight excluding hydrogens is 247 g/mol. The first-order valence-corrected chi connectivity index (χ1v) is 5.40. The second-order valence-corrected chi connectivity index (χ2v) is 4.76. The Morgan fingerprint density at radius 2 is 2.00 bits per heavy atom. The summed E-state index contributed by atoms with van der Waals surface area (Å²) in [5, 5.41) is 0.0935. The molecule has 84 valence electrons. The molecule has 1 aromatic heterocycles. The number of rotatable bonds is 2. The summed E-state index contributed by atoms with van der Waals surface area (Å²) in [7, 11) is 0. The maximum Gasteiger partial charge on any atom is 0.446 e. The molecule has 0 unspecified atom stereocenters. The minimum absolute atomic E-state index is 0.0615. The molecule has 1 aromatic rings. The molecule has 0 spiro atoms.